The quantitative estimate of drug-likeness (QED) is 0.696. The average molecular weight is 306 g/mol. The van der Waals surface area contributed by atoms with Crippen LogP contribution in [0.25, 0.3) is 0 Å². The predicted molar refractivity (Wildman–Crippen MR) is 78.4 cm³/mol. The van der Waals surface area contributed by atoms with E-state index < -0.39 is 10.0 Å². The van der Waals surface area contributed by atoms with Gasteiger partial charge in [0.25, 0.3) is 15.9 Å². The number of benzene rings is 1. The zero-order valence-corrected chi connectivity index (χ0v) is 11.9. The van der Waals surface area contributed by atoms with Gasteiger partial charge in [0.2, 0.25) is 0 Å². The van der Waals surface area contributed by atoms with Crippen LogP contribution in [0.2, 0.25) is 0 Å². The van der Waals surface area contributed by atoms with Crippen LogP contribution in [0.4, 0.5) is 5.69 Å². The molecular weight excluding hydrogens is 292 g/mol. The number of amides is 1. The molecule has 0 radical (unpaired) electrons. The van der Waals surface area contributed by atoms with Gasteiger partial charge >= 0.3 is 0 Å². The molecule has 0 unspecified atom stereocenters. The summed E-state index contributed by atoms with van der Waals surface area (Å²) in [5, 5.41) is 2.60. The van der Waals surface area contributed by atoms with Crippen molar-refractivity contribution < 1.29 is 13.2 Å². The highest BCUT2D eigenvalue weighted by molar-refractivity contribution is 7.92. The minimum absolute atomic E-state index is 0.0321. The number of hydrogen-bond donors (Lipinski definition) is 3. The normalized spacial score (nSPS) is 10.9. The maximum atomic E-state index is 12.0. The van der Waals surface area contributed by atoms with Crippen LogP contribution in [0, 0.1) is 0 Å². The van der Waals surface area contributed by atoms with Crippen molar-refractivity contribution in [1.82, 2.24) is 15.3 Å². The Morgan fingerprint density at radius 2 is 2.05 bits per heavy atom. The molecule has 21 heavy (non-hydrogen) atoms. The van der Waals surface area contributed by atoms with Gasteiger partial charge in [-0.25, -0.2) is 4.98 Å². The maximum absolute atomic E-state index is 12.0. The number of carbonyl (C=O) groups is 1. The molecule has 0 atom stereocenters. The van der Waals surface area contributed by atoms with Gasteiger partial charge in [-0.2, -0.15) is 8.42 Å². The van der Waals surface area contributed by atoms with Crippen molar-refractivity contribution in [3.05, 3.63) is 55.0 Å². The Labute approximate surface area is 122 Å². The molecule has 3 N–H and O–H groups in total. The van der Waals surface area contributed by atoms with E-state index in [2.05, 4.69) is 26.6 Å². The van der Waals surface area contributed by atoms with Crippen molar-refractivity contribution in [2.45, 2.75) is 5.03 Å². The van der Waals surface area contributed by atoms with Crippen molar-refractivity contribution in [3.8, 4) is 0 Å². The number of aromatic nitrogens is 2. The van der Waals surface area contributed by atoms with E-state index in [1.807, 2.05) is 0 Å². The third-order valence-corrected chi connectivity index (χ3v) is 3.88. The van der Waals surface area contributed by atoms with Gasteiger partial charge in [-0.3, -0.25) is 9.52 Å². The number of nitrogens with one attached hydrogen (secondary N) is 3. The van der Waals surface area contributed by atoms with Gasteiger partial charge in [0, 0.05) is 17.8 Å². The molecule has 1 heterocycles. The zero-order chi connectivity index (χ0) is 15.3. The van der Waals surface area contributed by atoms with E-state index in [0.717, 1.165) is 0 Å². The van der Waals surface area contributed by atoms with Gasteiger partial charge in [-0.15, -0.1) is 6.58 Å². The number of aromatic amines is 1. The summed E-state index contributed by atoms with van der Waals surface area (Å²) in [7, 11) is -3.70. The van der Waals surface area contributed by atoms with Gasteiger partial charge in [-0.05, 0) is 24.3 Å². The number of nitrogens with zero attached hydrogens (tertiary/aromatic N) is 1. The fourth-order valence-electron chi connectivity index (χ4n) is 1.56. The molecule has 1 aromatic heterocycles. The molecule has 1 amide bonds. The smallest absolute Gasteiger partial charge is 0.278 e. The summed E-state index contributed by atoms with van der Waals surface area (Å²) in [5.74, 6) is -0.252. The van der Waals surface area contributed by atoms with Gasteiger partial charge in [-0.1, -0.05) is 6.08 Å². The number of H-pyrrole nitrogens is 1. The summed E-state index contributed by atoms with van der Waals surface area (Å²) in [6.45, 7) is 3.87. The van der Waals surface area contributed by atoms with E-state index in [1.165, 1.54) is 36.8 Å². The van der Waals surface area contributed by atoms with Crippen molar-refractivity contribution in [2.75, 3.05) is 11.3 Å². The van der Waals surface area contributed by atoms with Crippen LogP contribution in [0.5, 0.6) is 0 Å². The number of anilines is 1. The Morgan fingerprint density at radius 1 is 1.33 bits per heavy atom. The average Bonchev–Trinajstić information content (AvgIpc) is 3.00. The van der Waals surface area contributed by atoms with E-state index in [0.29, 0.717) is 17.8 Å². The lowest BCUT2D eigenvalue weighted by Gasteiger charge is -2.07. The molecule has 0 saturated heterocycles. The van der Waals surface area contributed by atoms with Crippen molar-refractivity contribution in [1.29, 1.82) is 0 Å². The highest BCUT2D eigenvalue weighted by Gasteiger charge is 2.15. The topological polar surface area (TPSA) is 104 Å². The number of sulfonamides is 1. The fourth-order valence-corrected chi connectivity index (χ4v) is 2.52. The van der Waals surface area contributed by atoms with E-state index in [9.17, 15) is 13.2 Å². The van der Waals surface area contributed by atoms with Gasteiger partial charge in [0.1, 0.15) is 0 Å². The molecule has 0 saturated carbocycles. The number of carbonyl (C=O) groups excluding carboxylic acids is 1. The van der Waals surface area contributed by atoms with Crippen LogP contribution in [0.1, 0.15) is 10.4 Å². The van der Waals surface area contributed by atoms with Gasteiger partial charge in [0.15, 0.2) is 5.03 Å². The Hall–Kier alpha value is -2.61. The Balaban J connectivity index is 2.09. The first-order valence-corrected chi connectivity index (χ1v) is 7.51. The zero-order valence-electron chi connectivity index (χ0n) is 11.0. The third kappa shape index (κ3) is 3.69. The summed E-state index contributed by atoms with van der Waals surface area (Å²) >= 11 is 0. The minimum Gasteiger partial charge on any atom is -0.349 e. The molecule has 0 fully saturated rings. The molecule has 1 aromatic carbocycles. The molecule has 0 spiro atoms. The first-order valence-electron chi connectivity index (χ1n) is 6.03. The lowest BCUT2D eigenvalue weighted by molar-refractivity contribution is 0.0958. The standard InChI is InChI=1S/C13H14N4O3S/c1-2-7-15-13(18)10-3-5-11(6-4-10)17-21(19,20)12-8-14-9-16-12/h2-6,8-9,17H,1,7H2,(H,14,16)(H,15,18). The molecule has 2 rings (SSSR count). The number of hydrogen-bond acceptors (Lipinski definition) is 4. The van der Waals surface area contributed by atoms with Gasteiger partial charge in [0.05, 0.1) is 12.5 Å². The highest BCUT2D eigenvalue weighted by atomic mass is 32.2. The summed E-state index contributed by atoms with van der Waals surface area (Å²) in [6, 6.07) is 6.08. The summed E-state index contributed by atoms with van der Waals surface area (Å²) < 4.78 is 26.3. The molecule has 0 aliphatic heterocycles. The molecule has 8 heteroatoms. The first-order chi connectivity index (χ1) is 10.0. The summed E-state index contributed by atoms with van der Waals surface area (Å²) in [4.78, 5) is 17.9. The SMILES string of the molecule is C=CCNC(=O)c1ccc(NS(=O)(=O)c2cnc[nH]2)cc1. The second kappa shape index (κ2) is 6.23. The minimum atomic E-state index is -3.70. The Morgan fingerprint density at radius 3 is 2.62 bits per heavy atom. The fraction of sp³-hybridized carbons (Fsp3) is 0.0769. The molecule has 2 aromatic rings. The van der Waals surface area contributed by atoms with Crippen LogP contribution < -0.4 is 10.0 Å². The maximum Gasteiger partial charge on any atom is 0.278 e. The molecular formula is C13H14N4O3S. The van der Waals surface area contributed by atoms with Crippen LogP contribution in [-0.2, 0) is 10.0 Å². The summed E-state index contributed by atoms with van der Waals surface area (Å²) in [5.41, 5.74) is 0.784. The second-order valence-electron chi connectivity index (χ2n) is 4.10. The Bertz CT molecular complexity index is 721. The molecule has 0 aliphatic rings. The summed E-state index contributed by atoms with van der Waals surface area (Å²) in [6.07, 6.45) is 4.06. The van der Waals surface area contributed by atoms with Crippen LogP contribution in [-0.4, -0.2) is 30.8 Å². The van der Waals surface area contributed by atoms with E-state index >= 15 is 0 Å². The van der Waals surface area contributed by atoms with Crippen LogP contribution >= 0.6 is 0 Å². The van der Waals surface area contributed by atoms with E-state index in [4.69, 9.17) is 0 Å². The monoisotopic (exact) mass is 306 g/mol. The van der Waals surface area contributed by atoms with Gasteiger partial charge < -0.3 is 10.3 Å². The highest BCUT2D eigenvalue weighted by Crippen LogP contribution is 2.14. The molecule has 0 bridgehead atoms. The van der Waals surface area contributed by atoms with Crippen molar-refractivity contribution in [3.63, 3.8) is 0 Å². The second-order valence-corrected chi connectivity index (χ2v) is 5.75. The number of rotatable bonds is 6. The van der Waals surface area contributed by atoms with E-state index in [-0.39, 0.29) is 10.9 Å². The molecule has 7 nitrogen and oxygen atoms in total. The number of imidazole rings is 1. The lowest BCUT2D eigenvalue weighted by atomic mass is 10.2. The van der Waals surface area contributed by atoms with Crippen molar-refractivity contribution in [2.24, 2.45) is 0 Å². The lowest BCUT2D eigenvalue weighted by Crippen LogP contribution is -2.23. The third-order valence-electron chi connectivity index (χ3n) is 2.57. The first kappa shape index (κ1) is 14.8. The van der Waals surface area contributed by atoms with Crippen LogP contribution in [0.3, 0.4) is 0 Å². The molecule has 110 valence electrons. The molecule has 0 aliphatic carbocycles. The van der Waals surface area contributed by atoms with E-state index in [1.54, 1.807) is 6.08 Å². The largest absolute Gasteiger partial charge is 0.349 e. The van der Waals surface area contributed by atoms with Crippen molar-refractivity contribution >= 4 is 21.6 Å². The predicted octanol–water partition coefficient (Wildman–Crippen LogP) is 1.13. The Kier molecular flexibility index (Phi) is 4.39. The van der Waals surface area contributed by atoms with Crippen LogP contribution in [0.15, 0.2) is 54.5 Å².